The number of hydrogen-bond donors (Lipinski definition) is 1. The van der Waals surface area contributed by atoms with E-state index in [1.807, 2.05) is 41.8 Å². The summed E-state index contributed by atoms with van der Waals surface area (Å²) in [5, 5.41) is 5.32. The molecule has 0 aliphatic carbocycles. The van der Waals surface area contributed by atoms with Crippen molar-refractivity contribution in [2.75, 3.05) is 19.0 Å². The number of para-hydroxylation sites is 1. The smallest absolute Gasteiger partial charge is 0.339 e. The molecule has 2 aromatic carbocycles. The van der Waals surface area contributed by atoms with Crippen LogP contribution in [-0.4, -0.2) is 30.6 Å². The van der Waals surface area contributed by atoms with Gasteiger partial charge in [-0.25, -0.2) is 9.78 Å². The summed E-state index contributed by atoms with van der Waals surface area (Å²) < 4.78 is 10.4. The van der Waals surface area contributed by atoms with Gasteiger partial charge in [0.1, 0.15) is 5.75 Å². The number of anilines is 1. The molecule has 2 heterocycles. The van der Waals surface area contributed by atoms with Crippen LogP contribution >= 0.6 is 11.3 Å². The number of carbonyl (C=O) groups is 2. The van der Waals surface area contributed by atoms with Gasteiger partial charge in [-0.1, -0.05) is 30.3 Å². The zero-order chi connectivity index (χ0) is 20.9. The number of esters is 1. The number of carbonyl (C=O) groups excluding carboxylic acids is 2. The Kier molecular flexibility index (Phi) is 5.72. The fourth-order valence-corrected chi connectivity index (χ4v) is 3.69. The summed E-state index contributed by atoms with van der Waals surface area (Å²) in [7, 11) is 1.55. The van der Waals surface area contributed by atoms with Crippen LogP contribution in [0.25, 0.3) is 21.5 Å². The van der Waals surface area contributed by atoms with E-state index in [1.165, 1.54) is 11.3 Å². The van der Waals surface area contributed by atoms with Crippen molar-refractivity contribution in [1.82, 2.24) is 4.98 Å². The number of methoxy groups -OCH3 is 1. The minimum atomic E-state index is -0.577. The lowest BCUT2D eigenvalue weighted by molar-refractivity contribution is -0.119. The number of pyridine rings is 1. The monoisotopic (exact) mass is 418 g/mol. The molecule has 0 fully saturated rings. The number of nitrogens with one attached hydrogen (secondary N) is 1. The maximum atomic E-state index is 12.8. The van der Waals surface area contributed by atoms with Crippen LogP contribution in [0.15, 0.2) is 72.1 Å². The molecule has 150 valence electrons. The van der Waals surface area contributed by atoms with E-state index in [4.69, 9.17) is 9.47 Å². The first-order valence-corrected chi connectivity index (χ1v) is 10.1. The summed E-state index contributed by atoms with van der Waals surface area (Å²) >= 11 is 1.54. The van der Waals surface area contributed by atoms with Crippen LogP contribution in [-0.2, 0) is 9.53 Å². The molecule has 0 aliphatic rings. The van der Waals surface area contributed by atoms with E-state index in [0.29, 0.717) is 33.6 Å². The molecule has 0 unspecified atom stereocenters. The second-order valence-corrected chi connectivity index (χ2v) is 7.35. The number of amides is 1. The lowest BCUT2D eigenvalue weighted by atomic mass is 10.1. The molecule has 0 aliphatic heterocycles. The number of hydrogen-bond acceptors (Lipinski definition) is 6. The number of aromatic nitrogens is 1. The zero-order valence-electron chi connectivity index (χ0n) is 16.1. The molecule has 30 heavy (non-hydrogen) atoms. The van der Waals surface area contributed by atoms with Gasteiger partial charge < -0.3 is 14.8 Å². The molecule has 1 amide bonds. The van der Waals surface area contributed by atoms with E-state index in [0.717, 1.165) is 4.88 Å². The largest absolute Gasteiger partial charge is 0.497 e. The molecule has 0 saturated carbocycles. The van der Waals surface area contributed by atoms with Crippen LogP contribution in [0.3, 0.4) is 0 Å². The molecule has 0 saturated heterocycles. The van der Waals surface area contributed by atoms with Gasteiger partial charge in [0, 0.05) is 17.1 Å². The van der Waals surface area contributed by atoms with Crippen molar-refractivity contribution in [2.24, 2.45) is 0 Å². The zero-order valence-corrected chi connectivity index (χ0v) is 16.9. The average Bonchev–Trinajstić information content (AvgIpc) is 3.32. The normalized spacial score (nSPS) is 10.6. The second kappa shape index (κ2) is 8.75. The maximum Gasteiger partial charge on any atom is 0.339 e. The Hall–Kier alpha value is -3.71. The van der Waals surface area contributed by atoms with Crippen LogP contribution in [0.5, 0.6) is 5.75 Å². The Morgan fingerprint density at radius 2 is 1.90 bits per heavy atom. The van der Waals surface area contributed by atoms with E-state index < -0.39 is 18.5 Å². The van der Waals surface area contributed by atoms with Gasteiger partial charge in [-0.05, 0) is 35.7 Å². The van der Waals surface area contributed by atoms with Crippen molar-refractivity contribution in [2.45, 2.75) is 0 Å². The molecule has 2 aromatic heterocycles. The van der Waals surface area contributed by atoms with Gasteiger partial charge in [0.25, 0.3) is 5.91 Å². The van der Waals surface area contributed by atoms with Gasteiger partial charge in [0.2, 0.25) is 0 Å². The minimum Gasteiger partial charge on any atom is -0.497 e. The number of ether oxygens (including phenoxy) is 2. The van der Waals surface area contributed by atoms with Crippen molar-refractivity contribution in [3.05, 3.63) is 77.7 Å². The van der Waals surface area contributed by atoms with E-state index >= 15 is 0 Å². The lowest BCUT2D eigenvalue weighted by Crippen LogP contribution is -2.21. The minimum absolute atomic E-state index is 0.373. The van der Waals surface area contributed by atoms with Gasteiger partial charge in [0.15, 0.2) is 6.61 Å². The Morgan fingerprint density at radius 3 is 2.70 bits per heavy atom. The van der Waals surface area contributed by atoms with Gasteiger partial charge in [-0.15, -0.1) is 11.3 Å². The first-order chi connectivity index (χ1) is 14.6. The van der Waals surface area contributed by atoms with Crippen LogP contribution in [0.2, 0.25) is 0 Å². The second-order valence-electron chi connectivity index (χ2n) is 6.41. The third kappa shape index (κ3) is 4.31. The number of thiophene rings is 1. The van der Waals surface area contributed by atoms with Gasteiger partial charge in [-0.2, -0.15) is 0 Å². The number of fused-ring (bicyclic) bond motifs is 1. The van der Waals surface area contributed by atoms with Gasteiger partial charge >= 0.3 is 5.97 Å². The molecule has 0 atom stereocenters. The molecular weight excluding hydrogens is 400 g/mol. The van der Waals surface area contributed by atoms with E-state index in [-0.39, 0.29) is 0 Å². The van der Waals surface area contributed by atoms with E-state index in [2.05, 4.69) is 10.3 Å². The third-order valence-corrected chi connectivity index (χ3v) is 5.29. The molecule has 1 N–H and O–H groups in total. The van der Waals surface area contributed by atoms with Crippen molar-refractivity contribution >= 4 is 39.8 Å². The highest BCUT2D eigenvalue weighted by molar-refractivity contribution is 7.13. The highest BCUT2D eigenvalue weighted by Gasteiger charge is 2.17. The summed E-state index contributed by atoms with van der Waals surface area (Å²) in [6.07, 6.45) is 0. The maximum absolute atomic E-state index is 12.8. The van der Waals surface area contributed by atoms with Crippen LogP contribution < -0.4 is 10.1 Å². The van der Waals surface area contributed by atoms with Crippen LogP contribution in [0, 0.1) is 0 Å². The first-order valence-electron chi connectivity index (χ1n) is 9.19. The summed E-state index contributed by atoms with van der Waals surface area (Å²) in [5.41, 5.74) is 2.32. The van der Waals surface area contributed by atoms with Crippen molar-refractivity contribution < 1.29 is 19.1 Å². The highest BCUT2D eigenvalue weighted by atomic mass is 32.1. The molecular formula is C23H18N2O4S. The lowest BCUT2D eigenvalue weighted by Gasteiger charge is -2.10. The SMILES string of the molecule is COc1cccc(NC(=O)COC(=O)c2cc(-c3cccs3)nc3ccccc23)c1. The Balaban J connectivity index is 1.52. The summed E-state index contributed by atoms with van der Waals surface area (Å²) in [5.74, 6) is -0.394. The Morgan fingerprint density at radius 1 is 1.03 bits per heavy atom. The average molecular weight is 418 g/mol. The number of benzene rings is 2. The standard InChI is InChI=1S/C23H18N2O4S/c1-28-16-7-4-6-15(12-16)24-22(26)14-29-23(27)18-13-20(21-10-5-11-30-21)25-19-9-3-2-8-17(18)19/h2-13H,14H2,1H3,(H,24,26). The molecule has 0 spiro atoms. The molecule has 4 rings (SSSR count). The fourth-order valence-electron chi connectivity index (χ4n) is 3.00. The van der Waals surface area contributed by atoms with Gasteiger partial charge in [0.05, 0.1) is 28.8 Å². The molecule has 4 aromatic rings. The Bertz CT molecular complexity index is 1210. The van der Waals surface area contributed by atoms with E-state index in [9.17, 15) is 9.59 Å². The quantitative estimate of drug-likeness (QED) is 0.457. The Labute approximate surface area is 177 Å². The van der Waals surface area contributed by atoms with Crippen LogP contribution in [0.4, 0.5) is 5.69 Å². The van der Waals surface area contributed by atoms with Crippen LogP contribution in [0.1, 0.15) is 10.4 Å². The van der Waals surface area contributed by atoms with Gasteiger partial charge in [-0.3, -0.25) is 4.79 Å². The number of rotatable bonds is 6. The predicted molar refractivity (Wildman–Crippen MR) is 117 cm³/mol. The topological polar surface area (TPSA) is 77.5 Å². The number of nitrogens with zero attached hydrogens (tertiary/aromatic N) is 1. The van der Waals surface area contributed by atoms with Crippen molar-refractivity contribution in [3.63, 3.8) is 0 Å². The van der Waals surface area contributed by atoms with Crippen molar-refractivity contribution in [3.8, 4) is 16.3 Å². The molecule has 0 bridgehead atoms. The summed E-state index contributed by atoms with van der Waals surface area (Å²) in [6, 6.07) is 19.9. The third-order valence-electron chi connectivity index (χ3n) is 4.40. The van der Waals surface area contributed by atoms with Crippen molar-refractivity contribution in [1.29, 1.82) is 0 Å². The predicted octanol–water partition coefficient (Wildman–Crippen LogP) is 4.77. The molecule has 7 heteroatoms. The summed E-state index contributed by atoms with van der Waals surface area (Å²) in [4.78, 5) is 30.6. The fraction of sp³-hybridized carbons (Fsp3) is 0.0870. The summed E-state index contributed by atoms with van der Waals surface area (Å²) in [6.45, 7) is -0.402. The van der Waals surface area contributed by atoms with E-state index in [1.54, 1.807) is 37.4 Å². The molecule has 0 radical (unpaired) electrons. The molecule has 6 nitrogen and oxygen atoms in total. The first kappa shape index (κ1) is 19.6. The highest BCUT2D eigenvalue weighted by Crippen LogP contribution is 2.28.